The lowest BCUT2D eigenvalue weighted by Crippen LogP contribution is -2.41. The molecule has 1 atom stereocenters. The van der Waals surface area contributed by atoms with Crippen molar-refractivity contribution in [2.75, 3.05) is 27.7 Å². The SMILES string of the molecule is C=CCCC(CC)OC(=O)C[N+](C)(C)C. The fourth-order valence-corrected chi connectivity index (χ4v) is 1.26. The number of esters is 1. The molecule has 1 unspecified atom stereocenters. The van der Waals surface area contributed by atoms with E-state index < -0.39 is 0 Å². The summed E-state index contributed by atoms with van der Waals surface area (Å²) in [6.45, 7) is 6.12. The number of rotatable bonds is 7. The summed E-state index contributed by atoms with van der Waals surface area (Å²) < 4.78 is 5.98. The van der Waals surface area contributed by atoms with Crippen molar-refractivity contribution in [2.24, 2.45) is 0 Å². The molecule has 0 aliphatic carbocycles. The Bertz CT molecular complexity index is 206. The Labute approximate surface area is 93.3 Å². The summed E-state index contributed by atoms with van der Waals surface area (Å²) in [7, 11) is 5.93. The number of nitrogens with zero attached hydrogens (tertiary/aromatic N) is 1. The maximum absolute atomic E-state index is 11.5. The van der Waals surface area contributed by atoms with E-state index in [9.17, 15) is 4.79 Å². The highest BCUT2D eigenvalue weighted by molar-refractivity contribution is 5.70. The zero-order valence-corrected chi connectivity index (χ0v) is 10.5. The van der Waals surface area contributed by atoms with E-state index in [4.69, 9.17) is 4.74 Å². The van der Waals surface area contributed by atoms with Crippen molar-refractivity contribution in [3.63, 3.8) is 0 Å². The van der Waals surface area contributed by atoms with Gasteiger partial charge in [0.25, 0.3) is 0 Å². The van der Waals surface area contributed by atoms with E-state index in [0.29, 0.717) is 11.0 Å². The predicted molar refractivity (Wildman–Crippen MR) is 62.5 cm³/mol. The van der Waals surface area contributed by atoms with Gasteiger partial charge in [-0.05, 0) is 19.3 Å². The van der Waals surface area contributed by atoms with Crippen LogP contribution in [0.5, 0.6) is 0 Å². The van der Waals surface area contributed by atoms with Gasteiger partial charge >= 0.3 is 5.97 Å². The van der Waals surface area contributed by atoms with Gasteiger partial charge in [-0.2, -0.15) is 0 Å². The fraction of sp³-hybridized carbons (Fsp3) is 0.750. The second-order valence-corrected chi connectivity index (χ2v) is 4.83. The van der Waals surface area contributed by atoms with Crippen LogP contribution in [0.3, 0.4) is 0 Å². The average molecular weight is 214 g/mol. The Morgan fingerprint density at radius 3 is 2.47 bits per heavy atom. The van der Waals surface area contributed by atoms with E-state index in [1.54, 1.807) is 0 Å². The summed E-state index contributed by atoms with van der Waals surface area (Å²) in [6, 6.07) is 0. The molecule has 0 rings (SSSR count). The summed E-state index contributed by atoms with van der Waals surface area (Å²) in [4.78, 5) is 11.5. The molecule has 0 aromatic heterocycles. The van der Waals surface area contributed by atoms with Crippen molar-refractivity contribution >= 4 is 5.97 Å². The third kappa shape index (κ3) is 8.18. The van der Waals surface area contributed by atoms with Crippen LogP contribution in [0.1, 0.15) is 26.2 Å². The molecule has 0 aromatic carbocycles. The van der Waals surface area contributed by atoms with Gasteiger partial charge in [0.2, 0.25) is 0 Å². The zero-order chi connectivity index (χ0) is 11.9. The van der Waals surface area contributed by atoms with Gasteiger partial charge in [0.1, 0.15) is 6.10 Å². The van der Waals surface area contributed by atoms with E-state index in [2.05, 4.69) is 6.58 Å². The molecular formula is C12H24NO2+. The Balaban J connectivity index is 3.95. The summed E-state index contributed by atoms with van der Waals surface area (Å²) >= 11 is 0. The standard InChI is InChI=1S/C12H24NO2/c1-6-8-9-11(7-2)15-12(14)10-13(3,4)5/h6,11H,1,7-10H2,2-5H3/q+1. The van der Waals surface area contributed by atoms with Crippen LogP contribution >= 0.6 is 0 Å². The lowest BCUT2D eigenvalue weighted by molar-refractivity contribution is -0.862. The highest BCUT2D eigenvalue weighted by Crippen LogP contribution is 2.08. The molecule has 0 saturated heterocycles. The van der Waals surface area contributed by atoms with Crippen LogP contribution in [0.25, 0.3) is 0 Å². The lowest BCUT2D eigenvalue weighted by atomic mass is 10.1. The first-order chi connectivity index (χ1) is 6.89. The molecule has 0 spiro atoms. The van der Waals surface area contributed by atoms with Crippen molar-refractivity contribution in [2.45, 2.75) is 32.3 Å². The topological polar surface area (TPSA) is 26.3 Å². The maximum atomic E-state index is 11.5. The van der Waals surface area contributed by atoms with Crippen LogP contribution < -0.4 is 0 Å². The molecule has 0 aliphatic heterocycles. The zero-order valence-electron chi connectivity index (χ0n) is 10.5. The number of carbonyl (C=O) groups is 1. The molecule has 0 aliphatic rings. The number of hydrogen-bond acceptors (Lipinski definition) is 2. The molecule has 88 valence electrons. The molecule has 0 aromatic rings. The third-order valence-corrected chi connectivity index (χ3v) is 2.05. The highest BCUT2D eigenvalue weighted by atomic mass is 16.5. The number of carbonyl (C=O) groups excluding carboxylic acids is 1. The van der Waals surface area contributed by atoms with Gasteiger partial charge in [-0.15, -0.1) is 6.58 Å². The number of likely N-dealkylation sites (N-methyl/N-ethyl adjacent to an activating group) is 1. The minimum absolute atomic E-state index is 0.0436. The van der Waals surface area contributed by atoms with Gasteiger partial charge in [0.05, 0.1) is 21.1 Å². The summed E-state index contributed by atoms with van der Waals surface area (Å²) in [5.41, 5.74) is 0. The van der Waals surface area contributed by atoms with Crippen LogP contribution in [-0.4, -0.2) is 44.2 Å². The molecule has 0 N–H and O–H groups in total. The van der Waals surface area contributed by atoms with E-state index in [0.717, 1.165) is 19.3 Å². The molecule has 3 heteroatoms. The molecule has 0 bridgehead atoms. The number of hydrogen-bond donors (Lipinski definition) is 0. The van der Waals surface area contributed by atoms with Crippen LogP contribution in [0.4, 0.5) is 0 Å². The molecule has 15 heavy (non-hydrogen) atoms. The summed E-state index contributed by atoms with van der Waals surface area (Å²) in [6.07, 6.45) is 4.55. The van der Waals surface area contributed by atoms with Gasteiger partial charge in [0.15, 0.2) is 6.54 Å². The Morgan fingerprint density at radius 1 is 1.47 bits per heavy atom. The van der Waals surface area contributed by atoms with Gasteiger partial charge in [-0.25, -0.2) is 4.79 Å². The molecule has 0 heterocycles. The molecule has 0 saturated carbocycles. The minimum Gasteiger partial charge on any atom is -0.458 e. The quantitative estimate of drug-likeness (QED) is 0.368. The van der Waals surface area contributed by atoms with Crippen molar-refractivity contribution in [1.29, 1.82) is 0 Å². The van der Waals surface area contributed by atoms with E-state index in [1.807, 2.05) is 34.1 Å². The second kappa shape index (κ2) is 6.62. The third-order valence-electron chi connectivity index (χ3n) is 2.05. The highest BCUT2D eigenvalue weighted by Gasteiger charge is 2.18. The van der Waals surface area contributed by atoms with Crippen molar-refractivity contribution in [3.05, 3.63) is 12.7 Å². The number of ether oxygens (including phenoxy) is 1. The molecule has 0 radical (unpaired) electrons. The van der Waals surface area contributed by atoms with Crippen LogP contribution in [0.2, 0.25) is 0 Å². The van der Waals surface area contributed by atoms with Gasteiger partial charge in [-0.1, -0.05) is 13.0 Å². The van der Waals surface area contributed by atoms with Crippen LogP contribution in [0.15, 0.2) is 12.7 Å². The maximum Gasteiger partial charge on any atom is 0.362 e. The monoisotopic (exact) mass is 214 g/mol. The number of quaternary nitrogens is 1. The summed E-state index contributed by atoms with van der Waals surface area (Å²) in [5, 5.41) is 0. The van der Waals surface area contributed by atoms with Crippen molar-refractivity contribution in [1.82, 2.24) is 0 Å². The largest absolute Gasteiger partial charge is 0.458 e. The predicted octanol–water partition coefficient (Wildman–Crippen LogP) is 1.98. The lowest BCUT2D eigenvalue weighted by Gasteiger charge is -2.24. The van der Waals surface area contributed by atoms with Crippen LogP contribution in [-0.2, 0) is 9.53 Å². The van der Waals surface area contributed by atoms with Gasteiger partial charge in [-0.3, -0.25) is 0 Å². The fourth-order valence-electron chi connectivity index (χ4n) is 1.26. The first-order valence-corrected chi connectivity index (χ1v) is 5.50. The average Bonchev–Trinajstić information content (AvgIpc) is 2.09. The molecule has 0 amide bonds. The Hall–Kier alpha value is -0.830. The first-order valence-electron chi connectivity index (χ1n) is 5.50. The van der Waals surface area contributed by atoms with Gasteiger partial charge in [0, 0.05) is 0 Å². The second-order valence-electron chi connectivity index (χ2n) is 4.83. The first kappa shape index (κ1) is 14.2. The number of allylic oxidation sites excluding steroid dienone is 1. The Kier molecular flexibility index (Phi) is 6.25. The van der Waals surface area contributed by atoms with E-state index >= 15 is 0 Å². The smallest absolute Gasteiger partial charge is 0.362 e. The van der Waals surface area contributed by atoms with E-state index in [-0.39, 0.29) is 12.1 Å². The normalized spacial score (nSPS) is 13.3. The van der Waals surface area contributed by atoms with Crippen LogP contribution in [0, 0.1) is 0 Å². The summed E-state index contributed by atoms with van der Waals surface area (Å²) in [5.74, 6) is -0.113. The van der Waals surface area contributed by atoms with Gasteiger partial charge < -0.3 is 9.22 Å². The van der Waals surface area contributed by atoms with Crippen molar-refractivity contribution in [3.8, 4) is 0 Å². The Morgan fingerprint density at radius 2 is 2.07 bits per heavy atom. The van der Waals surface area contributed by atoms with Crippen molar-refractivity contribution < 1.29 is 14.0 Å². The molecular weight excluding hydrogens is 190 g/mol. The molecule has 3 nitrogen and oxygen atoms in total. The van der Waals surface area contributed by atoms with E-state index in [1.165, 1.54) is 0 Å². The minimum atomic E-state index is -0.113. The molecule has 0 fully saturated rings.